The van der Waals surface area contributed by atoms with Gasteiger partial charge in [-0.05, 0) is 81.3 Å². The van der Waals surface area contributed by atoms with Crippen molar-refractivity contribution in [2.75, 3.05) is 18.4 Å². The number of carbonyl (C=O) groups is 2. The fourth-order valence-electron chi connectivity index (χ4n) is 4.19. The van der Waals surface area contributed by atoms with E-state index in [1.54, 1.807) is 23.4 Å². The number of rotatable bonds is 6. The fourth-order valence-corrected chi connectivity index (χ4v) is 6.22. The SMILES string of the molecule is Cc1ccc(C)c(S(=O)(=O)N2CCCC[C@@H]2CCNC(=O)C(=O)Nc2cccc(C)c2C)c1. The van der Waals surface area contributed by atoms with E-state index in [9.17, 15) is 18.0 Å². The molecule has 1 heterocycles. The van der Waals surface area contributed by atoms with Crippen LogP contribution in [0.25, 0.3) is 0 Å². The topological polar surface area (TPSA) is 95.6 Å². The van der Waals surface area contributed by atoms with Crippen molar-refractivity contribution in [2.24, 2.45) is 0 Å². The molecule has 1 fully saturated rings. The minimum Gasteiger partial charge on any atom is -0.348 e. The molecule has 2 aromatic carbocycles. The van der Waals surface area contributed by atoms with Crippen molar-refractivity contribution >= 4 is 27.5 Å². The molecular formula is C25H33N3O4S. The molecule has 1 aliphatic rings. The van der Waals surface area contributed by atoms with Crippen molar-refractivity contribution in [2.45, 2.75) is 64.3 Å². The van der Waals surface area contributed by atoms with Gasteiger partial charge in [0, 0.05) is 24.8 Å². The Balaban J connectivity index is 1.62. The summed E-state index contributed by atoms with van der Waals surface area (Å²) in [7, 11) is -3.64. The number of hydrogen-bond acceptors (Lipinski definition) is 4. The van der Waals surface area contributed by atoms with E-state index >= 15 is 0 Å². The molecule has 2 aromatic rings. The molecule has 33 heavy (non-hydrogen) atoms. The zero-order chi connectivity index (χ0) is 24.2. The molecule has 0 bridgehead atoms. The van der Waals surface area contributed by atoms with Crippen molar-refractivity contribution in [3.8, 4) is 0 Å². The van der Waals surface area contributed by atoms with Gasteiger partial charge in [0.15, 0.2) is 0 Å². The van der Waals surface area contributed by atoms with Crippen LogP contribution in [0.4, 0.5) is 5.69 Å². The second-order valence-electron chi connectivity index (χ2n) is 8.78. The quantitative estimate of drug-likeness (QED) is 0.629. The summed E-state index contributed by atoms with van der Waals surface area (Å²) in [4.78, 5) is 25.0. The molecule has 1 saturated heterocycles. The maximum Gasteiger partial charge on any atom is 0.313 e. The minimum absolute atomic E-state index is 0.217. The molecule has 178 valence electrons. The van der Waals surface area contributed by atoms with Crippen molar-refractivity contribution in [1.29, 1.82) is 0 Å². The van der Waals surface area contributed by atoms with Gasteiger partial charge in [0.05, 0.1) is 4.90 Å². The Morgan fingerprint density at radius 3 is 2.52 bits per heavy atom. The first-order valence-electron chi connectivity index (χ1n) is 11.4. The summed E-state index contributed by atoms with van der Waals surface area (Å²) < 4.78 is 28.4. The second-order valence-corrected chi connectivity index (χ2v) is 10.6. The van der Waals surface area contributed by atoms with Gasteiger partial charge >= 0.3 is 11.8 Å². The van der Waals surface area contributed by atoms with E-state index in [4.69, 9.17) is 0 Å². The van der Waals surface area contributed by atoms with Crippen molar-refractivity contribution in [1.82, 2.24) is 9.62 Å². The molecule has 1 aliphatic heterocycles. The highest BCUT2D eigenvalue weighted by molar-refractivity contribution is 7.89. The van der Waals surface area contributed by atoms with Gasteiger partial charge in [0.2, 0.25) is 10.0 Å². The molecule has 0 aromatic heterocycles. The lowest BCUT2D eigenvalue weighted by atomic mass is 10.0. The van der Waals surface area contributed by atoms with Gasteiger partial charge in [-0.3, -0.25) is 9.59 Å². The number of amides is 2. The van der Waals surface area contributed by atoms with Crippen molar-refractivity contribution in [3.05, 3.63) is 58.7 Å². The lowest BCUT2D eigenvalue weighted by Crippen LogP contribution is -2.46. The van der Waals surface area contributed by atoms with Crippen LogP contribution in [-0.2, 0) is 19.6 Å². The first kappa shape index (κ1) is 24.9. The molecule has 2 amide bonds. The average molecular weight is 472 g/mol. The number of benzene rings is 2. The van der Waals surface area contributed by atoms with Crippen LogP contribution in [0.1, 0.15) is 47.9 Å². The molecule has 0 aliphatic carbocycles. The standard InChI is InChI=1S/C25H33N3O4S/c1-17-11-12-19(3)23(16-17)33(31,32)28-15-6-5-9-21(28)13-14-26-24(29)25(30)27-22-10-7-8-18(2)20(22)4/h7-8,10-12,16,21H,5-6,9,13-15H2,1-4H3,(H,26,29)(H,27,30)/t21-/m1/s1. The van der Waals surface area contributed by atoms with E-state index in [2.05, 4.69) is 10.6 Å². The van der Waals surface area contributed by atoms with Crippen LogP contribution in [0.5, 0.6) is 0 Å². The van der Waals surface area contributed by atoms with Crippen molar-refractivity contribution < 1.29 is 18.0 Å². The number of nitrogens with zero attached hydrogens (tertiary/aromatic N) is 1. The zero-order valence-corrected chi connectivity index (χ0v) is 20.6. The number of aryl methyl sites for hydroxylation is 3. The Bertz CT molecular complexity index is 1140. The summed E-state index contributed by atoms with van der Waals surface area (Å²) in [5.74, 6) is -1.46. The van der Waals surface area contributed by atoms with Crippen LogP contribution in [0.2, 0.25) is 0 Å². The minimum atomic E-state index is -3.64. The van der Waals surface area contributed by atoms with Gasteiger partial charge in [0.1, 0.15) is 0 Å². The van der Waals surface area contributed by atoms with E-state index < -0.39 is 21.8 Å². The van der Waals surface area contributed by atoms with Crippen LogP contribution < -0.4 is 10.6 Å². The predicted octanol–water partition coefficient (Wildman–Crippen LogP) is 3.61. The Morgan fingerprint density at radius 2 is 1.76 bits per heavy atom. The largest absolute Gasteiger partial charge is 0.348 e. The smallest absolute Gasteiger partial charge is 0.313 e. The summed E-state index contributed by atoms with van der Waals surface area (Å²) >= 11 is 0. The van der Waals surface area contributed by atoms with Crippen LogP contribution in [-0.4, -0.2) is 43.7 Å². The van der Waals surface area contributed by atoms with Gasteiger partial charge in [0.25, 0.3) is 0 Å². The Labute approximate surface area is 196 Å². The fraction of sp³-hybridized carbons (Fsp3) is 0.440. The number of hydrogen-bond donors (Lipinski definition) is 2. The summed E-state index contributed by atoms with van der Waals surface area (Å²) in [5, 5.41) is 5.29. The van der Waals surface area contributed by atoms with Crippen LogP contribution in [0.3, 0.4) is 0 Å². The molecule has 0 saturated carbocycles. The summed E-state index contributed by atoms with van der Waals surface area (Å²) in [6.07, 6.45) is 2.93. The molecular weight excluding hydrogens is 438 g/mol. The summed E-state index contributed by atoms with van der Waals surface area (Å²) in [6, 6.07) is 10.8. The van der Waals surface area contributed by atoms with Gasteiger partial charge in [-0.15, -0.1) is 0 Å². The number of anilines is 1. The number of sulfonamides is 1. The maximum absolute atomic E-state index is 13.4. The molecule has 0 unspecified atom stereocenters. The average Bonchev–Trinajstić information content (AvgIpc) is 2.78. The molecule has 0 radical (unpaired) electrons. The third-order valence-corrected chi connectivity index (χ3v) is 8.42. The maximum atomic E-state index is 13.4. The first-order valence-corrected chi connectivity index (χ1v) is 12.8. The van der Waals surface area contributed by atoms with Crippen molar-refractivity contribution in [3.63, 3.8) is 0 Å². The number of carbonyl (C=O) groups excluding carboxylic acids is 2. The number of nitrogens with one attached hydrogen (secondary N) is 2. The monoisotopic (exact) mass is 471 g/mol. The lowest BCUT2D eigenvalue weighted by molar-refractivity contribution is -0.136. The van der Waals surface area contributed by atoms with Gasteiger partial charge in [-0.25, -0.2) is 8.42 Å². The lowest BCUT2D eigenvalue weighted by Gasteiger charge is -2.35. The van der Waals surface area contributed by atoms with Gasteiger partial charge in [-0.2, -0.15) is 4.31 Å². The third kappa shape index (κ3) is 5.81. The first-order chi connectivity index (χ1) is 15.6. The molecule has 2 N–H and O–H groups in total. The highest BCUT2D eigenvalue weighted by Gasteiger charge is 2.34. The Hall–Kier alpha value is -2.71. The molecule has 0 spiro atoms. The van der Waals surface area contributed by atoms with E-state index in [0.717, 1.165) is 41.5 Å². The summed E-state index contributed by atoms with van der Waals surface area (Å²) in [6.45, 7) is 8.19. The Kier molecular flexibility index (Phi) is 7.92. The number of piperidine rings is 1. The molecule has 3 rings (SSSR count). The molecule has 7 nitrogen and oxygen atoms in total. The van der Waals surface area contributed by atoms with E-state index in [0.29, 0.717) is 23.5 Å². The zero-order valence-electron chi connectivity index (χ0n) is 19.8. The van der Waals surface area contributed by atoms with Crippen LogP contribution >= 0.6 is 0 Å². The van der Waals surface area contributed by atoms with Crippen LogP contribution in [0, 0.1) is 27.7 Å². The summed E-state index contributed by atoms with van der Waals surface area (Å²) in [5.41, 5.74) is 4.16. The molecule has 1 atom stereocenters. The molecule has 8 heteroatoms. The van der Waals surface area contributed by atoms with Gasteiger partial charge < -0.3 is 10.6 Å². The van der Waals surface area contributed by atoms with E-state index in [1.165, 1.54) is 0 Å². The highest BCUT2D eigenvalue weighted by Crippen LogP contribution is 2.29. The van der Waals surface area contributed by atoms with E-state index in [-0.39, 0.29) is 12.6 Å². The van der Waals surface area contributed by atoms with Crippen LogP contribution in [0.15, 0.2) is 41.3 Å². The normalized spacial score (nSPS) is 16.9. The van der Waals surface area contributed by atoms with E-state index in [1.807, 2.05) is 45.0 Å². The third-order valence-electron chi connectivity index (χ3n) is 6.33. The highest BCUT2D eigenvalue weighted by atomic mass is 32.2. The van der Waals surface area contributed by atoms with Gasteiger partial charge in [-0.1, -0.05) is 30.7 Å². The Morgan fingerprint density at radius 1 is 1.00 bits per heavy atom. The second kappa shape index (κ2) is 10.5. The predicted molar refractivity (Wildman–Crippen MR) is 130 cm³/mol.